The molecule has 0 atom stereocenters. The van der Waals surface area contributed by atoms with E-state index in [1.54, 1.807) is 11.1 Å². The van der Waals surface area contributed by atoms with Crippen molar-refractivity contribution in [1.29, 1.82) is 0 Å². The number of nitrogens with one attached hydrogen (secondary N) is 1. The minimum atomic E-state index is 0.0559. The third-order valence-corrected chi connectivity index (χ3v) is 4.01. The minimum absolute atomic E-state index is 0.0559. The van der Waals surface area contributed by atoms with Crippen molar-refractivity contribution in [2.75, 3.05) is 24.5 Å². The molecule has 1 amide bonds. The van der Waals surface area contributed by atoms with Crippen LogP contribution < -0.4 is 10.2 Å². The predicted octanol–water partition coefficient (Wildman–Crippen LogP) is 2.23. The molecule has 4 rings (SSSR count). The molecule has 1 N–H and O–H groups in total. The maximum Gasteiger partial charge on any atom is 0.242 e. The first-order valence-corrected chi connectivity index (χ1v) is 7.64. The van der Waals surface area contributed by atoms with E-state index >= 15 is 0 Å². The lowest BCUT2D eigenvalue weighted by Gasteiger charge is -2.26. The van der Waals surface area contributed by atoms with E-state index < -0.39 is 0 Å². The van der Waals surface area contributed by atoms with Gasteiger partial charge in [0.25, 0.3) is 0 Å². The third kappa shape index (κ3) is 2.66. The van der Waals surface area contributed by atoms with Gasteiger partial charge in [-0.3, -0.25) is 9.69 Å². The predicted molar refractivity (Wildman–Crippen MR) is 90.2 cm³/mol. The van der Waals surface area contributed by atoms with Crippen LogP contribution in [0.1, 0.15) is 0 Å². The van der Waals surface area contributed by atoms with Gasteiger partial charge in [-0.05, 0) is 24.3 Å². The normalized spacial score (nSPS) is 15.1. The number of piperazine rings is 1. The largest absolute Gasteiger partial charge is 0.307 e. The van der Waals surface area contributed by atoms with E-state index in [0.717, 1.165) is 28.7 Å². The lowest BCUT2D eigenvalue weighted by molar-refractivity contribution is -0.118. The zero-order valence-corrected chi connectivity index (χ0v) is 12.6. The van der Waals surface area contributed by atoms with Gasteiger partial charge in [-0.1, -0.05) is 24.3 Å². The Bertz CT molecular complexity index is 860. The van der Waals surface area contributed by atoms with Gasteiger partial charge in [0.2, 0.25) is 5.91 Å². The minimum Gasteiger partial charge on any atom is -0.307 e. The van der Waals surface area contributed by atoms with Crippen molar-refractivity contribution < 1.29 is 4.79 Å². The maximum absolute atomic E-state index is 11.9. The second kappa shape index (κ2) is 5.78. The number of aromatic nitrogens is 2. The highest BCUT2D eigenvalue weighted by atomic mass is 16.2. The van der Waals surface area contributed by atoms with Crippen LogP contribution >= 0.6 is 0 Å². The van der Waals surface area contributed by atoms with Crippen LogP contribution in [0.3, 0.4) is 0 Å². The Balaban J connectivity index is 1.65. The molecule has 23 heavy (non-hydrogen) atoms. The zero-order chi connectivity index (χ0) is 15.6. The molecule has 5 heteroatoms. The molecule has 1 fully saturated rings. The number of nitrogens with zero attached hydrogens (tertiary/aromatic N) is 3. The fourth-order valence-electron chi connectivity index (χ4n) is 2.77. The van der Waals surface area contributed by atoms with Crippen molar-refractivity contribution in [1.82, 2.24) is 15.3 Å². The first kappa shape index (κ1) is 13.8. The van der Waals surface area contributed by atoms with Crippen molar-refractivity contribution in [3.63, 3.8) is 0 Å². The van der Waals surface area contributed by atoms with Crippen LogP contribution in [0.4, 0.5) is 5.82 Å². The molecule has 3 aromatic rings. The molecule has 5 nitrogen and oxygen atoms in total. The van der Waals surface area contributed by atoms with Gasteiger partial charge in [0, 0.05) is 30.2 Å². The van der Waals surface area contributed by atoms with Crippen LogP contribution in [-0.4, -0.2) is 35.5 Å². The molecule has 1 saturated heterocycles. The molecule has 0 aliphatic carbocycles. The van der Waals surface area contributed by atoms with Crippen molar-refractivity contribution in [2.24, 2.45) is 0 Å². The quantitative estimate of drug-likeness (QED) is 0.789. The van der Waals surface area contributed by atoms with Gasteiger partial charge in [-0.15, -0.1) is 0 Å². The van der Waals surface area contributed by atoms with E-state index in [-0.39, 0.29) is 5.91 Å². The van der Waals surface area contributed by atoms with Crippen LogP contribution in [0, 0.1) is 0 Å². The zero-order valence-electron chi connectivity index (χ0n) is 12.6. The number of rotatable bonds is 2. The summed E-state index contributed by atoms with van der Waals surface area (Å²) in [5.74, 6) is 0.751. The number of carbonyl (C=O) groups excluding carboxylic acids is 1. The molecule has 1 aliphatic rings. The Morgan fingerprint density at radius 3 is 2.78 bits per heavy atom. The lowest BCUT2D eigenvalue weighted by Crippen LogP contribution is -2.48. The molecular formula is C18H16N4O. The first-order chi connectivity index (χ1) is 11.3. The molecule has 0 bridgehead atoms. The Hall–Kier alpha value is -2.79. The fourth-order valence-corrected chi connectivity index (χ4v) is 2.77. The molecule has 0 unspecified atom stereocenters. The molecule has 0 saturated carbocycles. The third-order valence-electron chi connectivity index (χ3n) is 4.01. The molecule has 0 spiro atoms. The summed E-state index contributed by atoms with van der Waals surface area (Å²) in [6.45, 7) is 1.82. The molecule has 1 aliphatic heterocycles. The molecule has 0 radical (unpaired) electrons. The monoisotopic (exact) mass is 304 g/mol. The summed E-state index contributed by atoms with van der Waals surface area (Å²) in [6.07, 6.45) is 1.78. The molecule has 1 aromatic carbocycles. The number of pyridine rings is 2. The van der Waals surface area contributed by atoms with E-state index in [0.29, 0.717) is 18.9 Å². The summed E-state index contributed by atoms with van der Waals surface area (Å²) in [5, 5.41) is 4.18. The summed E-state index contributed by atoms with van der Waals surface area (Å²) in [4.78, 5) is 22.7. The second-order valence-electron chi connectivity index (χ2n) is 5.52. The molecule has 2 aromatic heterocycles. The number of benzene rings is 1. The van der Waals surface area contributed by atoms with Gasteiger partial charge >= 0.3 is 0 Å². The van der Waals surface area contributed by atoms with Crippen LogP contribution in [0.15, 0.2) is 54.7 Å². The van der Waals surface area contributed by atoms with Gasteiger partial charge in [-0.25, -0.2) is 9.97 Å². The fraction of sp³-hybridized carbons (Fsp3) is 0.167. The second-order valence-corrected chi connectivity index (χ2v) is 5.52. The number of amides is 1. The Morgan fingerprint density at radius 2 is 1.96 bits per heavy atom. The summed E-state index contributed by atoms with van der Waals surface area (Å²) < 4.78 is 0. The van der Waals surface area contributed by atoms with Crippen molar-refractivity contribution >= 4 is 22.6 Å². The van der Waals surface area contributed by atoms with E-state index in [9.17, 15) is 4.79 Å². The van der Waals surface area contributed by atoms with Crippen molar-refractivity contribution in [2.45, 2.75) is 0 Å². The van der Waals surface area contributed by atoms with Crippen LogP contribution in [0.5, 0.6) is 0 Å². The summed E-state index contributed by atoms with van der Waals surface area (Å²) in [6, 6.07) is 15.9. The van der Waals surface area contributed by atoms with Crippen LogP contribution in [0.25, 0.3) is 22.2 Å². The average molecular weight is 304 g/mol. The molecular weight excluding hydrogens is 288 g/mol. The Kier molecular flexibility index (Phi) is 3.48. The highest BCUT2D eigenvalue weighted by Crippen LogP contribution is 2.22. The number of fused-ring (bicyclic) bond motifs is 1. The van der Waals surface area contributed by atoms with E-state index in [4.69, 9.17) is 0 Å². The van der Waals surface area contributed by atoms with Gasteiger partial charge < -0.3 is 5.32 Å². The lowest BCUT2D eigenvalue weighted by atomic mass is 10.1. The van der Waals surface area contributed by atoms with Gasteiger partial charge in [0.05, 0.1) is 17.8 Å². The number of para-hydroxylation sites is 1. The summed E-state index contributed by atoms with van der Waals surface area (Å²) >= 11 is 0. The SMILES string of the molecule is O=C1CNCCN1c1ccc(-c2ccc3ccccc3n2)cn1. The maximum atomic E-state index is 11.9. The molecule has 114 valence electrons. The Morgan fingerprint density at radius 1 is 1.04 bits per heavy atom. The topological polar surface area (TPSA) is 58.1 Å². The smallest absolute Gasteiger partial charge is 0.242 e. The Labute approximate surface area is 134 Å². The van der Waals surface area contributed by atoms with Crippen molar-refractivity contribution in [3.05, 3.63) is 54.7 Å². The number of carbonyl (C=O) groups is 1. The first-order valence-electron chi connectivity index (χ1n) is 7.64. The van der Waals surface area contributed by atoms with E-state index in [1.807, 2.05) is 42.5 Å². The van der Waals surface area contributed by atoms with Crippen LogP contribution in [0.2, 0.25) is 0 Å². The van der Waals surface area contributed by atoms with Gasteiger partial charge in [0.15, 0.2) is 0 Å². The summed E-state index contributed by atoms with van der Waals surface area (Å²) in [7, 11) is 0. The average Bonchev–Trinajstić information content (AvgIpc) is 2.62. The van der Waals surface area contributed by atoms with Gasteiger partial charge in [-0.2, -0.15) is 0 Å². The highest BCUT2D eigenvalue weighted by molar-refractivity contribution is 5.94. The van der Waals surface area contributed by atoms with E-state index in [2.05, 4.69) is 21.4 Å². The van der Waals surface area contributed by atoms with Gasteiger partial charge in [0.1, 0.15) is 5.82 Å². The number of anilines is 1. The number of hydrogen-bond acceptors (Lipinski definition) is 4. The summed E-state index contributed by atoms with van der Waals surface area (Å²) in [5.41, 5.74) is 2.79. The standard InChI is InChI=1S/C18H16N4O/c23-18-12-19-9-10-22(18)17-8-6-14(11-20-17)16-7-5-13-3-1-2-4-15(13)21-16/h1-8,11,19H,9-10,12H2. The van der Waals surface area contributed by atoms with E-state index in [1.165, 1.54) is 0 Å². The van der Waals surface area contributed by atoms with Crippen LogP contribution in [-0.2, 0) is 4.79 Å². The van der Waals surface area contributed by atoms with Crippen molar-refractivity contribution in [3.8, 4) is 11.3 Å². The highest BCUT2D eigenvalue weighted by Gasteiger charge is 2.20. The molecule has 3 heterocycles. The number of hydrogen-bond donors (Lipinski definition) is 1.